The van der Waals surface area contributed by atoms with Crippen LogP contribution < -0.4 is 5.73 Å². The predicted molar refractivity (Wildman–Crippen MR) is 84.9 cm³/mol. The molecule has 0 bridgehead atoms. The van der Waals surface area contributed by atoms with Crippen LogP contribution in [0.2, 0.25) is 0 Å². The molecular formula is C17H24N2O3. The molecule has 1 aliphatic rings. The zero-order chi connectivity index (χ0) is 16.1. The third-order valence-corrected chi connectivity index (χ3v) is 3.95. The number of furan rings is 1. The Hall–Kier alpha value is -2.04. The Morgan fingerprint density at radius 1 is 1.45 bits per heavy atom. The zero-order valence-electron chi connectivity index (χ0n) is 13.2. The molecule has 2 unspecified atom stereocenters. The Kier molecular flexibility index (Phi) is 5.41. The van der Waals surface area contributed by atoms with Crippen LogP contribution in [0, 0.1) is 5.92 Å². The zero-order valence-corrected chi connectivity index (χ0v) is 13.2. The normalized spacial score (nSPS) is 20.3. The van der Waals surface area contributed by atoms with E-state index in [4.69, 9.17) is 10.2 Å². The number of rotatable bonds is 8. The number of hydrogen-bond donors (Lipinski definition) is 1. The van der Waals surface area contributed by atoms with Crippen molar-refractivity contribution in [1.29, 1.82) is 0 Å². The summed E-state index contributed by atoms with van der Waals surface area (Å²) < 4.78 is 5.72. The Morgan fingerprint density at radius 2 is 2.18 bits per heavy atom. The molecule has 0 saturated heterocycles. The molecule has 0 aliphatic heterocycles. The second kappa shape index (κ2) is 7.29. The lowest BCUT2D eigenvalue weighted by atomic mass is 10.2. The third kappa shape index (κ3) is 4.48. The summed E-state index contributed by atoms with van der Waals surface area (Å²) in [6.07, 6.45) is 6.06. The number of hydrogen-bond acceptors (Lipinski definition) is 3. The first-order valence-electron chi connectivity index (χ1n) is 7.86. The third-order valence-electron chi connectivity index (χ3n) is 3.95. The highest BCUT2D eigenvalue weighted by Gasteiger charge is 2.36. The summed E-state index contributed by atoms with van der Waals surface area (Å²) in [5.41, 5.74) is 5.19. The molecule has 2 amide bonds. The first kappa shape index (κ1) is 16.3. The van der Waals surface area contributed by atoms with E-state index in [2.05, 4.69) is 6.92 Å². The second-order valence-electron chi connectivity index (χ2n) is 5.97. The van der Waals surface area contributed by atoms with E-state index < -0.39 is 5.91 Å². The molecule has 0 aromatic carbocycles. The Bertz CT molecular complexity index is 562. The Balaban J connectivity index is 1.95. The highest BCUT2D eigenvalue weighted by atomic mass is 16.3. The minimum Gasteiger partial charge on any atom is -0.461 e. The van der Waals surface area contributed by atoms with Gasteiger partial charge in [-0.3, -0.25) is 9.59 Å². The fourth-order valence-corrected chi connectivity index (χ4v) is 2.44. The van der Waals surface area contributed by atoms with Gasteiger partial charge in [-0.2, -0.15) is 0 Å². The molecule has 1 aromatic rings. The molecule has 5 heteroatoms. The van der Waals surface area contributed by atoms with E-state index in [9.17, 15) is 9.59 Å². The van der Waals surface area contributed by atoms with Gasteiger partial charge in [0.15, 0.2) is 0 Å². The van der Waals surface area contributed by atoms with Crippen molar-refractivity contribution in [3.63, 3.8) is 0 Å². The minimum absolute atomic E-state index is 0.0494. The van der Waals surface area contributed by atoms with Gasteiger partial charge in [0.25, 0.3) is 0 Å². The maximum absolute atomic E-state index is 12.2. The van der Waals surface area contributed by atoms with Crippen LogP contribution in [-0.2, 0) is 9.59 Å². The summed E-state index contributed by atoms with van der Waals surface area (Å²) in [5.74, 6) is 2.14. The largest absolute Gasteiger partial charge is 0.461 e. The molecule has 2 N–H and O–H groups in total. The van der Waals surface area contributed by atoms with Crippen molar-refractivity contribution in [2.45, 2.75) is 39.0 Å². The van der Waals surface area contributed by atoms with Crippen LogP contribution in [-0.4, -0.2) is 29.8 Å². The SMILES string of the molecule is CCCCN(CC(N)=O)C(=O)C=Cc1ccc(C2CC2C)o1. The quantitative estimate of drug-likeness (QED) is 0.750. The average Bonchev–Trinajstić information content (AvgIpc) is 3.01. The monoisotopic (exact) mass is 304 g/mol. The highest BCUT2D eigenvalue weighted by Crippen LogP contribution is 2.47. The van der Waals surface area contributed by atoms with Crippen LogP contribution in [0.5, 0.6) is 0 Å². The number of amides is 2. The summed E-state index contributed by atoms with van der Waals surface area (Å²) in [7, 11) is 0. The van der Waals surface area contributed by atoms with Gasteiger partial charge in [-0.25, -0.2) is 0 Å². The standard InChI is InChI=1S/C17H24N2O3/c1-3-4-9-19(11-16(18)20)17(21)8-6-13-5-7-15(22-13)14-10-12(14)2/h5-8,12,14H,3-4,9-11H2,1-2H3,(H2,18,20). The number of carbonyl (C=O) groups excluding carboxylic acids is 2. The highest BCUT2D eigenvalue weighted by molar-refractivity contribution is 5.93. The average molecular weight is 304 g/mol. The van der Waals surface area contributed by atoms with Gasteiger partial charge < -0.3 is 15.1 Å². The summed E-state index contributed by atoms with van der Waals surface area (Å²) in [4.78, 5) is 24.7. The smallest absolute Gasteiger partial charge is 0.247 e. The number of carbonyl (C=O) groups is 2. The molecule has 1 fully saturated rings. The summed E-state index contributed by atoms with van der Waals surface area (Å²) in [6, 6.07) is 3.84. The van der Waals surface area contributed by atoms with Gasteiger partial charge in [-0.15, -0.1) is 0 Å². The molecule has 5 nitrogen and oxygen atoms in total. The topological polar surface area (TPSA) is 76.5 Å². The van der Waals surface area contributed by atoms with Gasteiger partial charge in [0.2, 0.25) is 11.8 Å². The minimum atomic E-state index is -0.499. The van der Waals surface area contributed by atoms with Gasteiger partial charge in [0.05, 0.1) is 6.54 Å². The first-order valence-corrected chi connectivity index (χ1v) is 7.86. The van der Waals surface area contributed by atoms with Crippen LogP contribution >= 0.6 is 0 Å². The summed E-state index contributed by atoms with van der Waals surface area (Å²) in [6.45, 7) is 4.71. The number of nitrogens with zero attached hydrogens (tertiary/aromatic N) is 1. The molecule has 120 valence electrons. The molecule has 2 atom stereocenters. The van der Waals surface area contributed by atoms with Gasteiger partial charge in [-0.1, -0.05) is 20.3 Å². The fourth-order valence-electron chi connectivity index (χ4n) is 2.44. The molecule has 22 heavy (non-hydrogen) atoms. The van der Waals surface area contributed by atoms with E-state index in [1.54, 1.807) is 6.08 Å². The molecule has 2 rings (SSSR count). The Labute approximate surface area is 131 Å². The second-order valence-corrected chi connectivity index (χ2v) is 5.97. The van der Waals surface area contributed by atoms with Crippen molar-refractivity contribution in [1.82, 2.24) is 4.90 Å². The summed E-state index contributed by atoms with van der Waals surface area (Å²) >= 11 is 0. The molecule has 1 saturated carbocycles. The van der Waals surface area contributed by atoms with E-state index in [1.807, 2.05) is 19.1 Å². The van der Waals surface area contributed by atoms with E-state index in [0.717, 1.165) is 18.6 Å². The summed E-state index contributed by atoms with van der Waals surface area (Å²) in [5, 5.41) is 0. The van der Waals surface area contributed by atoms with Crippen LogP contribution in [0.25, 0.3) is 6.08 Å². The molecule has 0 spiro atoms. The van der Waals surface area contributed by atoms with Gasteiger partial charge >= 0.3 is 0 Å². The van der Waals surface area contributed by atoms with Gasteiger partial charge in [0.1, 0.15) is 11.5 Å². The van der Waals surface area contributed by atoms with E-state index in [0.29, 0.717) is 24.1 Å². The van der Waals surface area contributed by atoms with Gasteiger partial charge in [-0.05, 0) is 37.0 Å². The van der Waals surface area contributed by atoms with Crippen LogP contribution in [0.15, 0.2) is 22.6 Å². The first-order chi connectivity index (χ1) is 10.5. The van der Waals surface area contributed by atoms with Gasteiger partial charge in [0, 0.05) is 18.5 Å². The lowest BCUT2D eigenvalue weighted by Gasteiger charge is -2.18. The molecule has 1 aromatic heterocycles. The van der Waals surface area contributed by atoms with E-state index in [1.165, 1.54) is 17.4 Å². The van der Waals surface area contributed by atoms with Crippen molar-refractivity contribution < 1.29 is 14.0 Å². The lowest BCUT2D eigenvalue weighted by Crippen LogP contribution is -2.38. The molecule has 0 radical (unpaired) electrons. The van der Waals surface area contributed by atoms with Crippen molar-refractivity contribution >= 4 is 17.9 Å². The van der Waals surface area contributed by atoms with E-state index in [-0.39, 0.29) is 12.5 Å². The number of nitrogens with two attached hydrogens (primary N) is 1. The molecular weight excluding hydrogens is 280 g/mol. The molecule has 1 heterocycles. The van der Waals surface area contributed by atoms with Crippen molar-refractivity contribution in [2.75, 3.05) is 13.1 Å². The molecule has 1 aliphatic carbocycles. The fraction of sp³-hybridized carbons (Fsp3) is 0.529. The Morgan fingerprint density at radius 3 is 2.77 bits per heavy atom. The van der Waals surface area contributed by atoms with Crippen LogP contribution in [0.1, 0.15) is 50.5 Å². The maximum atomic E-state index is 12.2. The predicted octanol–water partition coefficient (Wildman–Crippen LogP) is 2.53. The van der Waals surface area contributed by atoms with Crippen LogP contribution in [0.4, 0.5) is 0 Å². The number of primary amides is 1. The van der Waals surface area contributed by atoms with E-state index >= 15 is 0 Å². The maximum Gasteiger partial charge on any atom is 0.247 e. The van der Waals surface area contributed by atoms with Crippen LogP contribution in [0.3, 0.4) is 0 Å². The van der Waals surface area contributed by atoms with Crippen molar-refractivity contribution in [2.24, 2.45) is 11.7 Å². The number of unbranched alkanes of at least 4 members (excludes halogenated alkanes) is 1. The lowest BCUT2D eigenvalue weighted by molar-refractivity contribution is -0.131. The van der Waals surface area contributed by atoms with Crippen molar-refractivity contribution in [3.05, 3.63) is 29.7 Å². The van der Waals surface area contributed by atoms with Crippen molar-refractivity contribution in [3.8, 4) is 0 Å².